The van der Waals surface area contributed by atoms with Gasteiger partial charge in [-0.05, 0) is 61.7 Å². The first-order valence-corrected chi connectivity index (χ1v) is 12.8. The van der Waals surface area contributed by atoms with Crippen molar-refractivity contribution in [3.8, 4) is 0 Å². The predicted molar refractivity (Wildman–Crippen MR) is 144 cm³/mol. The van der Waals surface area contributed by atoms with Gasteiger partial charge in [0.25, 0.3) is 5.91 Å². The molecule has 1 amide bonds. The molecule has 37 heavy (non-hydrogen) atoms. The summed E-state index contributed by atoms with van der Waals surface area (Å²) in [6.07, 6.45) is 1.46. The van der Waals surface area contributed by atoms with Crippen molar-refractivity contribution in [2.45, 2.75) is 26.8 Å². The van der Waals surface area contributed by atoms with Crippen LogP contribution in [0.5, 0.6) is 0 Å². The molecular weight excluding hydrogens is 535 g/mol. The van der Waals surface area contributed by atoms with Gasteiger partial charge in [0, 0.05) is 0 Å². The molecule has 0 fully saturated rings. The molecule has 1 atom stereocenters. The molecule has 0 saturated heterocycles. The number of anilines is 1. The standard InChI is InChI=1S/C27H20Cl2N2O5S/c1-5-8-35-26(34)24-14(4)30-27(37-24)31-21(15-6-7-17(28)18(29)11-15)20-22(32)16-9-12(2)13(3)10-19(16)36-23(20)25(31)33/h5-7,9-11,21H,1,8H2,2-4H3. The topological polar surface area (TPSA) is 89.7 Å². The van der Waals surface area contributed by atoms with E-state index in [1.807, 2.05) is 13.8 Å². The highest BCUT2D eigenvalue weighted by atomic mass is 35.5. The van der Waals surface area contributed by atoms with Crippen LogP contribution in [-0.2, 0) is 4.74 Å². The lowest BCUT2D eigenvalue weighted by atomic mass is 9.97. The Labute approximate surface area is 225 Å². The average Bonchev–Trinajstić information content (AvgIpc) is 3.38. The van der Waals surface area contributed by atoms with E-state index in [1.54, 1.807) is 37.3 Å². The fourth-order valence-corrected chi connectivity index (χ4v) is 5.59. The van der Waals surface area contributed by atoms with Crippen LogP contribution in [0.15, 0.2) is 52.2 Å². The second-order valence-corrected chi connectivity index (χ2v) is 10.4. The zero-order valence-corrected chi connectivity index (χ0v) is 22.4. The van der Waals surface area contributed by atoms with Crippen LogP contribution in [-0.4, -0.2) is 23.5 Å². The summed E-state index contributed by atoms with van der Waals surface area (Å²) >= 11 is 13.5. The van der Waals surface area contributed by atoms with Gasteiger partial charge in [0.05, 0.1) is 32.7 Å². The van der Waals surface area contributed by atoms with Crippen LogP contribution in [0.4, 0.5) is 5.13 Å². The van der Waals surface area contributed by atoms with E-state index in [4.69, 9.17) is 32.4 Å². The zero-order chi connectivity index (χ0) is 26.6. The van der Waals surface area contributed by atoms with Crippen molar-refractivity contribution in [3.05, 3.63) is 102 Å². The van der Waals surface area contributed by atoms with Gasteiger partial charge in [0.15, 0.2) is 10.6 Å². The molecule has 0 saturated carbocycles. The molecule has 0 aliphatic carbocycles. The quantitative estimate of drug-likeness (QED) is 0.204. The van der Waals surface area contributed by atoms with Crippen molar-refractivity contribution < 1.29 is 18.7 Å². The Balaban J connectivity index is 1.75. The summed E-state index contributed by atoms with van der Waals surface area (Å²) in [5.74, 6) is -1.22. The summed E-state index contributed by atoms with van der Waals surface area (Å²) < 4.78 is 11.2. The van der Waals surface area contributed by atoms with Crippen LogP contribution in [0.25, 0.3) is 11.0 Å². The number of ether oxygens (including phenoxy) is 1. The molecule has 1 aliphatic heterocycles. The number of amides is 1. The molecule has 1 unspecified atom stereocenters. The summed E-state index contributed by atoms with van der Waals surface area (Å²) in [6.45, 7) is 9.04. The molecule has 5 rings (SSSR count). The van der Waals surface area contributed by atoms with E-state index < -0.39 is 17.9 Å². The molecule has 188 valence electrons. The Morgan fingerprint density at radius 2 is 1.89 bits per heavy atom. The van der Waals surface area contributed by atoms with E-state index >= 15 is 0 Å². The number of aryl methyl sites for hydroxylation is 3. The molecule has 4 aromatic rings. The normalized spacial score (nSPS) is 14.8. The maximum absolute atomic E-state index is 13.8. The Morgan fingerprint density at radius 3 is 2.59 bits per heavy atom. The fraction of sp³-hybridized carbons (Fsp3) is 0.185. The third-order valence-corrected chi connectivity index (χ3v) is 8.13. The van der Waals surface area contributed by atoms with Gasteiger partial charge in [0.1, 0.15) is 17.1 Å². The molecule has 10 heteroatoms. The highest BCUT2D eigenvalue weighted by Crippen LogP contribution is 2.44. The number of thiazole rings is 1. The Hall–Kier alpha value is -3.46. The van der Waals surface area contributed by atoms with Crippen LogP contribution in [0, 0.1) is 20.8 Å². The van der Waals surface area contributed by atoms with Crippen molar-refractivity contribution >= 4 is 62.5 Å². The van der Waals surface area contributed by atoms with Crippen molar-refractivity contribution in [3.63, 3.8) is 0 Å². The number of nitrogens with zero attached hydrogens (tertiary/aromatic N) is 2. The summed E-state index contributed by atoms with van der Waals surface area (Å²) in [7, 11) is 0. The summed E-state index contributed by atoms with van der Waals surface area (Å²) in [4.78, 5) is 46.3. The first-order valence-electron chi connectivity index (χ1n) is 11.2. The average molecular weight is 555 g/mol. The first kappa shape index (κ1) is 25.2. The van der Waals surface area contributed by atoms with Crippen LogP contribution < -0.4 is 10.3 Å². The number of halogens is 2. The smallest absolute Gasteiger partial charge is 0.350 e. The van der Waals surface area contributed by atoms with E-state index in [9.17, 15) is 14.4 Å². The van der Waals surface area contributed by atoms with E-state index in [2.05, 4.69) is 11.6 Å². The Morgan fingerprint density at radius 1 is 1.16 bits per heavy atom. The summed E-state index contributed by atoms with van der Waals surface area (Å²) in [6, 6.07) is 7.50. The van der Waals surface area contributed by atoms with Crippen molar-refractivity contribution in [2.75, 3.05) is 11.5 Å². The number of esters is 1. The lowest BCUT2D eigenvalue weighted by Gasteiger charge is -2.22. The third-order valence-electron chi connectivity index (χ3n) is 6.25. The minimum absolute atomic E-state index is 0.0370. The van der Waals surface area contributed by atoms with Crippen molar-refractivity contribution in [1.29, 1.82) is 0 Å². The van der Waals surface area contributed by atoms with Crippen LogP contribution in [0.3, 0.4) is 0 Å². The third kappa shape index (κ3) is 4.15. The van der Waals surface area contributed by atoms with E-state index in [-0.39, 0.29) is 38.4 Å². The molecule has 0 spiro atoms. The number of carbonyl (C=O) groups excluding carboxylic acids is 2. The van der Waals surface area contributed by atoms with Gasteiger partial charge in [-0.15, -0.1) is 0 Å². The molecule has 2 aromatic carbocycles. The van der Waals surface area contributed by atoms with Crippen molar-refractivity contribution in [2.24, 2.45) is 0 Å². The Bertz CT molecular complexity index is 1690. The zero-order valence-electron chi connectivity index (χ0n) is 20.1. The van der Waals surface area contributed by atoms with Gasteiger partial charge in [-0.3, -0.25) is 14.5 Å². The lowest BCUT2D eigenvalue weighted by molar-refractivity contribution is 0.0554. The molecule has 0 bridgehead atoms. The second-order valence-electron chi connectivity index (χ2n) is 8.66. The van der Waals surface area contributed by atoms with Gasteiger partial charge in [-0.2, -0.15) is 0 Å². The highest BCUT2D eigenvalue weighted by Gasteiger charge is 2.45. The number of rotatable bonds is 5. The number of carbonyl (C=O) groups is 2. The number of hydrogen-bond acceptors (Lipinski definition) is 7. The summed E-state index contributed by atoms with van der Waals surface area (Å²) in [5.41, 5.74) is 2.94. The SMILES string of the molecule is C=CCOC(=O)c1sc(N2C(=O)c3oc4cc(C)c(C)cc4c(=O)c3C2c2ccc(Cl)c(Cl)c2)nc1C. The first-order chi connectivity index (χ1) is 17.6. The molecule has 0 N–H and O–H groups in total. The number of benzene rings is 2. The van der Waals surface area contributed by atoms with Gasteiger partial charge in [-0.25, -0.2) is 9.78 Å². The predicted octanol–water partition coefficient (Wildman–Crippen LogP) is 6.57. The monoisotopic (exact) mass is 554 g/mol. The van der Waals surface area contributed by atoms with E-state index in [0.717, 1.165) is 22.5 Å². The molecule has 7 nitrogen and oxygen atoms in total. The van der Waals surface area contributed by atoms with Gasteiger partial charge in [0.2, 0.25) is 5.76 Å². The number of fused-ring (bicyclic) bond motifs is 2. The van der Waals surface area contributed by atoms with E-state index in [0.29, 0.717) is 27.2 Å². The maximum Gasteiger partial charge on any atom is 0.350 e. The van der Waals surface area contributed by atoms with Gasteiger partial charge < -0.3 is 9.15 Å². The molecule has 3 heterocycles. The maximum atomic E-state index is 13.8. The fourth-order valence-electron chi connectivity index (χ4n) is 4.30. The second kappa shape index (κ2) is 9.45. The molecule has 0 radical (unpaired) electrons. The van der Waals surface area contributed by atoms with Gasteiger partial charge in [-0.1, -0.05) is 53.3 Å². The largest absolute Gasteiger partial charge is 0.457 e. The Kier molecular flexibility index (Phi) is 6.43. The number of aromatic nitrogens is 1. The minimum Gasteiger partial charge on any atom is -0.457 e. The minimum atomic E-state index is -0.901. The summed E-state index contributed by atoms with van der Waals surface area (Å²) in [5, 5.41) is 1.17. The van der Waals surface area contributed by atoms with Crippen LogP contribution in [0.2, 0.25) is 10.0 Å². The molecular formula is C27H20Cl2N2O5S. The number of hydrogen-bond donors (Lipinski definition) is 0. The van der Waals surface area contributed by atoms with Crippen LogP contribution in [0.1, 0.15) is 54.2 Å². The lowest BCUT2D eigenvalue weighted by Crippen LogP contribution is -2.29. The van der Waals surface area contributed by atoms with Crippen molar-refractivity contribution in [1.82, 2.24) is 4.98 Å². The van der Waals surface area contributed by atoms with Crippen LogP contribution >= 0.6 is 34.5 Å². The van der Waals surface area contributed by atoms with E-state index in [1.165, 1.54) is 11.0 Å². The molecule has 1 aliphatic rings. The highest BCUT2D eigenvalue weighted by molar-refractivity contribution is 7.17. The van der Waals surface area contributed by atoms with Gasteiger partial charge >= 0.3 is 5.97 Å². The molecule has 2 aromatic heterocycles.